The largest absolute Gasteiger partial charge is 0.341 e. The van der Waals surface area contributed by atoms with E-state index in [0.717, 1.165) is 29.8 Å². The van der Waals surface area contributed by atoms with E-state index in [1.807, 2.05) is 0 Å². The molecule has 8 heteroatoms. The van der Waals surface area contributed by atoms with Gasteiger partial charge in [0.2, 0.25) is 15.9 Å². The third-order valence-corrected chi connectivity index (χ3v) is 5.10. The van der Waals surface area contributed by atoms with Gasteiger partial charge in [0.1, 0.15) is 6.54 Å². The second kappa shape index (κ2) is 7.06. The highest BCUT2D eigenvalue weighted by molar-refractivity contribution is 7.92. The van der Waals surface area contributed by atoms with E-state index in [1.165, 1.54) is 18.2 Å². The molecule has 0 saturated carbocycles. The fourth-order valence-corrected chi connectivity index (χ4v) is 3.80. The molecule has 2 rings (SSSR count). The number of carbonyl (C=O) groups excluding carboxylic acids is 1. The van der Waals surface area contributed by atoms with Crippen molar-refractivity contribution < 1.29 is 13.2 Å². The molecule has 0 spiro atoms. The summed E-state index contributed by atoms with van der Waals surface area (Å²) >= 11 is 11.9. The van der Waals surface area contributed by atoms with Gasteiger partial charge >= 0.3 is 0 Å². The molecule has 1 saturated heterocycles. The van der Waals surface area contributed by atoms with E-state index in [2.05, 4.69) is 0 Å². The summed E-state index contributed by atoms with van der Waals surface area (Å²) in [5.41, 5.74) is 0.297. The molecule has 5 nitrogen and oxygen atoms in total. The molecule has 0 bridgehead atoms. The number of piperidine rings is 1. The molecular formula is C14H18Cl2N2O3S. The number of nitrogens with zero attached hydrogens (tertiary/aromatic N) is 2. The van der Waals surface area contributed by atoms with Crippen molar-refractivity contribution in [1.29, 1.82) is 0 Å². The van der Waals surface area contributed by atoms with E-state index >= 15 is 0 Å². The maximum absolute atomic E-state index is 12.4. The van der Waals surface area contributed by atoms with Gasteiger partial charge in [0.05, 0.1) is 11.9 Å². The quantitative estimate of drug-likeness (QED) is 0.825. The third kappa shape index (κ3) is 4.51. The summed E-state index contributed by atoms with van der Waals surface area (Å²) in [4.78, 5) is 14.1. The maximum Gasteiger partial charge on any atom is 0.243 e. The average Bonchev–Trinajstić information content (AvgIpc) is 2.43. The minimum atomic E-state index is -3.62. The van der Waals surface area contributed by atoms with Crippen molar-refractivity contribution in [2.45, 2.75) is 19.3 Å². The van der Waals surface area contributed by atoms with Crippen LogP contribution in [0.3, 0.4) is 0 Å². The number of hydrogen-bond donors (Lipinski definition) is 0. The van der Waals surface area contributed by atoms with Crippen LogP contribution in [0.1, 0.15) is 19.3 Å². The summed E-state index contributed by atoms with van der Waals surface area (Å²) in [6.45, 7) is 1.11. The maximum atomic E-state index is 12.4. The molecule has 22 heavy (non-hydrogen) atoms. The first-order valence-corrected chi connectivity index (χ1v) is 9.59. The van der Waals surface area contributed by atoms with Crippen molar-refractivity contribution in [2.24, 2.45) is 0 Å². The number of carbonyl (C=O) groups is 1. The van der Waals surface area contributed by atoms with Gasteiger partial charge in [0.25, 0.3) is 0 Å². The molecule has 1 amide bonds. The minimum absolute atomic E-state index is 0.207. The topological polar surface area (TPSA) is 57.7 Å². The van der Waals surface area contributed by atoms with E-state index in [4.69, 9.17) is 23.2 Å². The summed E-state index contributed by atoms with van der Waals surface area (Å²) in [5, 5.41) is 0.642. The van der Waals surface area contributed by atoms with E-state index in [0.29, 0.717) is 28.8 Å². The molecule has 1 aromatic rings. The Morgan fingerprint density at radius 2 is 1.68 bits per heavy atom. The van der Waals surface area contributed by atoms with Crippen LogP contribution >= 0.6 is 23.2 Å². The second-order valence-corrected chi connectivity index (χ2v) is 8.12. The molecule has 1 fully saturated rings. The molecule has 0 N–H and O–H groups in total. The van der Waals surface area contributed by atoms with Crippen LogP contribution in [0.25, 0.3) is 0 Å². The second-order valence-electron chi connectivity index (χ2n) is 5.34. The molecule has 122 valence electrons. The Kier molecular flexibility index (Phi) is 5.58. The molecule has 0 aliphatic carbocycles. The van der Waals surface area contributed by atoms with E-state index in [1.54, 1.807) is 4.90 Å². The third-order valence-electron chi connectivity index (χ3n) is 3.52. The van der Waals surface area contributed by atoms with Crippen LogP contribution in [-0.2, 0) is 14.8 Å². The Balaban J connectivity index is 2.25. The molecule has 1 aliphatic heterocycles. The van der Waals surface area contributed by atoms with Crippen molar-refractivity contribution in [1.82, 2.24) is 4.90 Å². The molecule has 1 aliphatic rings. The lowest BCUT2D eigenvalue weighted by Gasteiger charge is -2.30. The van der Waals surface area contributed by atoms with Gasteiger partial charge in [-0.25, -0.2) is 8.42 Å². The number of halogens is 2. The predicted octanol–water partition coefficient (Wildman–Crippen LogP) is 2.77. The van der Waals surface area contributed by atoms with Gasteiger partial charge in [-0.1, -0.05) is 23.2 Å². The Morgan fingerprint density at radius 1 is 1.14 bits per heavy atom. The van der Waals surface area contributed by atoms with Gasteiger partial charge in [-0.05, 0) is 37.5 Å². The lowest BCUT2D eigenvalue weighted by molar-refractivity contribution is -0.130. The van der Waals surface area contributed by atoms with Crippen molar-refractivity contribution in [3.63, 3.8) is 0 Å². The van der Waals surface area contributed by atoms with Crippen LogP contribution in [0.5, 0.6) is 0 Å². The van der Waals surface area contributed by atoms with Gasteiger partial charge in [0.15, 0.2) is 0 Å². The van der Waals surface area contributed by atoms with Crippen LogP contribution < -0.4 is 4.31 Å². The summed E-state index contributed by atoms with van der Waals surface area (Å²) in [5.74, 6) is -0.207. The first-order valence-electron chi connectivity index (χ1n) is 6.99. The van der Waals surface area contributed by atoms with Gasteiger partial charge in [-0.15, -0.1) is 0 Å². The number of anilines is 1. The SMILES string of the molecule is CS(=O)(=O)N(CC(=O)N1CCCCC1)c1cc(Cl)cc(Cl)c1. The monoisotopic (exact) mass is 364 g/mol. The van der Waals surface area contributed by atoms with Crippen LogP contribution in [-0.4, -0.2) is 45.1 Å². The van der Waals surface area contributed by atoms with Gasteiger partial charge in [-0.3, -0.25) is 9.10 Å². The Hall–Kier alpha value is -0.980. The average molecular weight is 365 g/mol. The molecule has 0 aromatic heterocycles. The first-order chi connectivity index (χ1) is 10.3. The molecule has 1 aromatic carbocycles. The smallest absolute Gasteiger partial charge is 0.243 e. The number of benzene rings is 1. The normalized spacial score (nSPS) is 15.7. The highest BCUT2D eigenvalue weighted by Crippen LogP contribution is 2.27. The van der Waals surface area contributed by atoms with Crippen molar-refractivity contribution in [3.05, 3.63) is 28.2 Å². The number of hydrogen-bond acceptors (Lipinski definition) is 3. The van der Waals surface area contributed by atoms with Crippen LogP contribution in [0, 0.1) is 0 Å². The fourth-order valence-electron chi connectivity index (χ4n) is 2.45. The van der Waals surface area contributed by atoms with Crippen molar-refractivity contribution >= 4 is 44.8 Å². The van der Waals surface area contributed by atoms with Crippen molar-refractivity contribution in [2.75, 3.05) is 30.2 Å². The van der Waals surface area contributed by atoms with Gasteiger partial charge in [-0.2, -0.15) is 0 Å². The number of amides is 1. The summed E-state index contributed by atoms with van der Waals surface area (Å²) in [6, 6.07) is 4.48. The zero-order chi connectivity index (χ0) is 16.3. The van der Waals surface area contributed by atoms with Crippen molar-refractivity contribution in [3.8, 4) is 0 Å². The van der Waals surface area contributed by atoms with E-state index in [-0.39, 0.29) is 12.5 Å². The number of likely N-dealkylation sites (tertiary alicyclic amines) is 1. The van der Waals surface area contributed by atoms with Gasteiger partial charge in [0, 0.05) is 23.1 Å². The lowest BCUT2D eigenvalue weighted by atomic mass is 10.1. The van der Waals surface area contributed by atoms with Crippen LogP contribution in [0.4, 0.5) is 5.69 Å². The van der Waals surface area contributed by atoms with E-state index in [9.17, 15) is 13.2 Å². The Labute approximate surface area is 140 Å². The summed E-state index contributed by atoms with van der Waals surface area (Å²) in [6.07, 6.45) is 4.07. The highest BCUT2D eigenvalue weighted by atomic mass is 35.5. The molecule has 1 heterocycles. The zero-order valence-corrected chi connectivity index (χ0v) is 14.6. The zero-order valence-electron chi connectivity index (χ0n) is 12.3. The molecule has 0 atom stereocenters. The number of rotatable bonds is 4. The van der Waals surface area contributed by atoms with Crippen LogP contribution in [0.2, 0.25) is 10.0 Å². The molecule has 0 radical (unpaired) electrons. The molecular weight excluding hydrogens is 347 g/mol. The van der Waals surface area contributed by atoms with E-state index < -0.39 is 10.0 Å². The summed E-state index contributed by atoms with van der Waals surface area (Å²) in [7, 11) is -3.62. The lowest BCUT2D eigenvalue weighted by Crippen LogP contribution is -2.44. The fraction of sp³-hybridized carbons (Fsp3) is 0.500. The highest BCUT2D eigenvalue weighted by Gasteiger charge is 2.25. The Bertz CT molecular complexity index is 638. The standard InChI is InChI=1S/C14H18Cl2N2O3S/c1-22(20,21)18(13-8-11(15)7-12(16)9-13)10-14(19)17-5-3-2-4-6-17/h7-9H,2-6,10H2,1H3. The Morgan fingerprint density at radius 3 is 2.18 bits per heavy atom. The summed E-state index contributed by atoms with van der Waals surface area (Å²) < 4.78 is 25.1. The first kappa shape index (κ1) is 17.4. The number of sulfonamides is 1. The van der Waals surface area contributed by atoms with Crippen LogP contribution in [0.15, 0.2) is 18.2 Å². The predicted molar refractivity (Wildman–Crippen MR) is 89.1 cm³/mol. The molecule has 0 unspecified atom stereocenters. The minimum Gasteiger partial charge on any atom is -0.341 e. The van der Waals surface area contributed by atoms with Gasteiger partial charge < -0.3 is 4.90 Å².